The predicted octanol–water partition coefficient (Wildman–Crippen LogP) is 3.29. The summed E-state index contributed by atoms with van der Waals surface area (Å²) in [4.78, 5) is 12.2. The predicted molar refractivity (Wildman–Crippen MR) is 109 cm³/mol. The maximum atomic E-state index is 14.4. The molecule has 1 atom stereocenters. The van der Waals surface area contributed by atoms with Crippen LogP contribution in [0.25, 0.3) is 10.9 Å². The van der Waals surface area contributed by atoms with Crippen LogP contribution in [-0.4, -0.2) is 30.5 Å². The second-order valence-corrected chi connectivity index (χ2v) is 9.15. The summed E-state index contributed by atoms with van der Waals surface area (Å²) >= 11 is 0. The molecule has 1 aromatic heterocycles. The van der Waals surface area contributed by atoms with Crippen molar-refractivity contribution in [2.75, 3.05) is 6.61 Å². The van der Waals surface area contributed by atoms with E-state index in [1.165, 1.54) is 25.1 Å². The number of aryl methyl sites for hydroxylation is 1. The Kier molecular flexibility index (Phi) is 5.70. The third-order valence-corrected chi connectivity index (χ3v) is 6.47. The van der Waals surface area contributed by atoms with Gasteiger partial charge >= 0.3 is 5.97 Å². The standard InChI is InChI=1S/C21H22F2N2O4S/c1-4-29-20(26)21(3,24)12-14-11-17(22)18(23)16-9-10-25(19(14)16)30(27,28)15-7-5-13(2)6-8-15/h5-11H,4,12,24H2,1-3H3. The Morgan fingerprint density at radius 3 is 2.43 bits per heavy atom. The number of ether oxygens (including phenoxy) is 1. The molecular formula is C21H22F2N2O4S. The van der Waals surface area contributed by atoms with E-state index in [2.05, 4.69) is 0 Å². The van der Waals surface area contributed by atoms with Crippen LogP contribution in [-0.2, 0) is 26.0 Å². The number of rotatable bonds is 6. The highest BCUT2D eigenvalue weighted by Gasteiger charge is 2.33. The summed E-state index contributed by atoms with van der Waals surface area (Å²) < 4.78 is 60.9. The number of benzene rings is 2. The molecule has 9 heteroatoms. The molecule has 0 radical (unpaired) electrons. The molecule has 6 nitrogen and oxygen atoms in total. The molecule has 2 aromatic carbocycles. The molecule has 1 heterocycles. The smallest absolute Gasteiger partial charge is 0.326 e. The van der Waals surface area contributed by atoms with Crippen LogP contribution < -0.4 is 5.73 Å². The molecule has 0 amide bonds. The zero-order valence-electron chi connectivity index (χ0n) is 16.8. The maximum Gasteiger partial charge on any atom is 0.326 e. The molecule has 3 aromatic rings. The van der Waals surface area contributed by atoms with Crippen LogP contribution in [0.4, 0.5) is 8.78 Å². The maximum absolute atomic E-state index is 14.4. The van der Waals surface area contributed by atoms with Crippen molar-refractivity contribution in [2.45, 2.75) is 37.6 Å². The third-order valence-electron chi connectivity index (χ3n) is 4.78. The Morgan fingerprint density at radius 2 is 1.83 bits per heavy atom. The number of aromatic nitrogens is 1. The summed E-state index contributed by atoms with van der Waals surface area (Å²) in [5.41, 5.74) is 5.36. The highest BCUT2D eigenvalue weighted by atomic mass is 32.2. The number of hydrogen-bond donors (Lipinski definition) is 1. The lowest BCUT2D eigenvalue weighted by Crippen LogP contribution is -2.48. The summed E-state index contributed by atoms with van der Waals surface area (Å²) in [5, 5.41) is -0.222. The highest BCUT2D eigenvalue weighted by Crippen LogP contribution is 2.31. The number of carbonyl (C=O) groups excluding carboxylic acids is 1. The lowest BCUT2D eigenvalue weighted by atomic mass is 9.92. The second-order valence-electron chi connectivity index (χ2n) is 7.34. The van der Waals surface area contributed by atoms with Crippen LogP contribution in [0.15, 0.2) is 47.5 Å². The molecule has 0 aliphatic carbocycles. The summed E-state index contributed by atoms with van der Waals surface area (Å²) in [6.07, 6.45) is 0.900. The Bertz CT molecular complexity index is 1220. The molecule has 0 spiro atoms. The average Bonchev–Trinajstić information content (AvgIpc) is 3.13. The third kappa shape index (κ3) is 3.82. The van der Waals surface area contributed by atoms with Crippen molar-refractivity contribution < 1.29 is 26.7 Å². The van der Waals surface area contributed by atoms with Crippen molar-refractivity contribution in [3.8, 4) is 0 Å². The first-order valence-electron chi connectivity index (χ1n) is 9.25. The Labute approximate surface area is 173 Å². The van der Waals surface area contributed by atoms with Crippen LogP contribution in [0.3, 0.4) is 0 Å². The SMILES string of the molecule is CCOC(=O)C(C)(N)Cc1cc(F)c(F)c2ccn(S(=O)(=O)c3ccc(C)cc3)c12. The molecular weight excluding hydrogens is 414 g/mol. The van der Waals surface area contributed by atoms with E-state index in [0.717, 1.165) is 21.8 Å². The number of halogens is 2. The van der Waals surface area contributed by atoms with E-state index in [4.69, 9.17) is 10.5 Å². The first kappa shape index (κ1) is 21.9. The molecule has 3 rings (SSSR count). The number of fused-ring (bicyclic) bond motifs is 1. The molecule has 160 valence electrons. The van der Waals surface area contributed by atoms with Crippen molar-refractivity contribution in [3.63, 3.8) is 0 Å². The average molecular weight is 436 g/mol. The second kappa shape index (κ2) is 7.81. The lowest BCUT2D eigenvalue weighted by Gasteiger charge is -2.23. The van der Waals surface area contributed by atoms with Crippen LogP contribution in [0, 0.1) is 18.6 Å². The molecule has 1 unspecified atom stereocenters. The van der Waals surface area contributed by atoms with E-state index in [1.54, 1.807) is 19.1 Å². The Morgan fingerprint density at radius 1 is 1.20 bits per heavy atom. The quantitative estimate of drug-likeness (QED) is 0.599. The summed E-state index contributed by atoms with van der Waals surface area (Å²) in [7, 11) is -4.11. The summed E-state index contributed by atoms with van der Waals surface area (Å²) in [6.45, 7) is 4.91. The Hall–Kier alpha value is -2.78. The number of nitrogens with two attached hydrogens (primary N) is 1. The fraction of sp³-hybridized carbons (Fsp3) is 0.286. The fourth-order valence-corrected chi connectivity index (χ4v) is 4.63. The number of esters is 1. The first-order valence-corrected chi connectivity index (χ1v) is 10.7. The minimum atomic E-state index is -4.11. The Balaban J connectivity index is 2.22. The van der Waals surface area contributed by atoms with Crippen molar-refractivity contribution >= 4 is 26.9 Å². The van der Waals surface area contributed by atoms with Gasteiger partial charge in [-0.2, -0.15) is 0 Å². The van der Waals surface area contributed by atoms with Crippen LogP contribution in [0.1, 0.15) is 25.0 Å². The van der Waals surface area contributed by atoms with Crippen molar-refractivity contribution in [1.29, 1.82) is 0 Å². The van der Waals surface area contributed by atoms with E-state index >= 15 is 0 Å². The number of nitrogens with zero attached hydrogens (tertiary/aromatic N) is 1. The van der Waals surface area contributed by atoms with Crippen molar-refractivity contribution in [3.05, 3.63) is 65.4 Å². The normalized spacial score (nSPS) is 13.9. The molecule has 0 aliphatic rings. The number of carbonyl (C=O) groups is 1. The van der Waals surface area contributed by atoms with Gasteiger partial charge in [-0.05, 0) is 50.6 Å². The van der Waals surface area contributed by atoms with Crippen LogP contribution >= 0.6 is 0 Å². The molecule has 0 saturated carbocycles. The van der Waals surface area contributed by atoms with Gasteiger partial charge in [0, 0.05) is 18.0 Å². The van der Waals surface area contributed by atoms with Gasteiger partial charge in [-0.25, -0.2) is 21.2 Å². The zero-order chi connectivity index (χ0) is 22.3. The molecule has 0 fully saturated rings. The highest BCUT2D eigenvalue weighted by molar-refractivity contribution is 7.90. The van der Waals surface area contributed by atoms with Gasteiger partial charge in [0.1, 0.15) is 5.54 Å². The van der Waals surface area contributed by atoms with Gasteiger partial charge in [-0.15, -0.1) is 0 Å². The van der Waals surface area contributed by atoms with E-state index in [0.29, 0.717) is 0 Å². The van der Waals surface area contributed by atoms with E-state index in [9.17, 15) is 22.0 Å². The number of hydrogen-bond acceptors (Lipinski definition) is 5. The molecule has 30 heavy (non-hydrogen) atoms. The van der Waals surface area contributed by atoms with Gasteiger partial charge in [0.25, 0.3) is 10.0 Å². The molecule has 0 saturated heterocycles. The first-order chi connectivity index (χ1) is 14.0. The zero-order valence-corrected chi connectivity index (χ0v) is 17.6. The minimum Gasteiger partial charge on any atom is -0.465 e. The largest absolute Gasteiger partial charge is 0.465 e. The fourth-order valence-electron chi connectivity index (χ4n) is 3.24. The van der Waals surface area contributed by atoms with Crippen LogP contribution in [0.5, 0.6) is 0 Å². The monoisotopic (exact) mass is 436 g/mol. The molecule has 0 bridgehead atoms. The summed E-state index contributed by atoms with van der Waals surface area (Å²) in [6, 6.07) is 8.18. The van der Waals surface area contributed by atoms with Crippen molar-refractivity contribution in [1.82, 2.24) is 3.97 Å². The van der Waals surface area contributed by atoms with Gasteiger partial charge in [0.2, 0.25) is 0 Å². The van der Waals surface area contributed by atoms with Gasteiger partial charge in [0.05, 0.1) is 17.0 Å². The van der Waals surface area contributed by atoms with Crippen molar-refractivity contribution in [2.24, 2.45) is 5.73 Å². The van der Waals surface area contributed by atoms with Crippen LogP contribution in [0.2, 0.25) is 0 Å². The van der Waals surface area contributed by atoms with E-state index in [1.807, 2.05) is 6.92 Å². The molecule has 0 aliphatic heterocycles. The molecule has 2 N–H and O–H groups in total. The summed E-state index contributed by atoms with van der Waals surface area (Å²) in [5.74, 6) is -3.08. The van der Waals surface area contributed by atoms with E-state index in [-0.39, 0.29) is 34.4 Å². The van der Waals surface area contributed by atoms with Gasteiger partial charge in [0.15, 0.2) is 11.6 Å². The van der Waals surface area contributed by atoms with Gasteiger partial charge in [-0.1, -0.05) is 17.7 Å². The van der Waals surface area contributed by atoms with E-state index < -0.39 is 33.2 Å². The van der Waals surface area contributed by atoms with Gasteiger partial charge in [-0.3, -0.25) is 4.79 Å². The lowest BCUT2D eigenvalue weighted by molar-refractivity contribution is -0.148. The van der Waals surface area contributed by atoms with Gasteiger partial charge < -0.3 is 10.5 Å². The minimum absolute atomic E-state index is 0.0119. The topological polar surface area (TPSA) is 91.4 Å².